The highest BCUT2D eigenvalue weighted by Crippen LogP contribution is 2.27. The molecule has 2 rings (SSSR count). The van der Waals surface area contributed by atoms with E-state index >= 15 is 0 Å². The molecule has 0 heterocycles. The van der Waals surface area contributed by atoms with E-state index in [-0.39, 0.29) is 12.1 Å². The van der Waals surface area contributed by atoms with Gasteiger partial charge in [0.05, 0.1) is 6.10 Å². The predicted molar refractivity (Wildman–Crippen MR) is 76.6 cm³/mol. The summed E-state index contributed by atoms with van der Waals surface area (Å²) < 4.78 is 5.66. The van der Waals surface area contributed by atoms with Gasteiger partial charge in [0.1, 0.15) is 5.75 Å². The molecule has 1 aromatic carbocycles. The van der Waals surface area contributed by atoms with Crippen LogP contribution in [-0.4, -0.2) is 12.1 Å². The molecule has 0 aliphatic heterocycles. The van der Waals surface area contributed by atoms with Crippen LogP contribution in [0.5, 0.6) is 5.75 Å². The highest BCUT2D eigenvalue weighted by atomic mass is 16.5. The number of ether oxygens (including phenoxy) is 1. The summed E-state index contributed by atoms with van der Waals surface area (Å²) in [6.45, 7) is 4.08. The second-order valence-corrected chi connectivity index (χ2v) is 5.29. The van der Waals surface area contributed by atoms with E-state index in [1.54, 1.807) is 0 Å². The van der Waals surface area contributed by atoms with Crippen molar-refractivity contribution in [2.45, 2.75) is 51.7 Å². The molecule has 18 heavy (non-hydrogen) atoms. The Labute approximate surface area is 110 Å². The highest BCUT2D eigenvalue weighted by Gasteiger charge is 2.10. The molecule has 0 fully saturated rings. The van der Waals surface area contributed by atoms with Crippen molar-refractivity contribution in [2.75, 3.05) is 0 Å². The van der Waals surface area contributed by atoms with Crippen molar-refractivity contribution in [3.8, 4) is 5.75 Å². The number of allylic oxidation sites excluding steroid dienone is 1. The van der Waals surface area contributed by atoms with Crippen LogP contribution in [0.3, 0.4) is 0 Å². The average Bonchev–Trinajstić information content (AvgIpc) is 2.54. The van der Waals surface area contributed by atoms with E-state index in [4.69, 9.17) is 10.5 Å². The minimum atomic E-state index is 0.217. The van der Waals surface area contributed by atoms with Gasteiger partial charge in [-0.05, 0) is 56.4 Å². The summed E-state index contributed by atoms with van der Waals surface area (Å²) in [4.78, 5) is 0. The predicted octanol–water partition coefficient (Wildman–Crippen LogP) is 3.76. The van der Waals surface area contributed by atoms with E-state index in [2.05, 4.69) is 18.2 Å². The zero-order valence-electron chi connectivity index (χ0n) is 11.4. The van der Waals surface area contributed by atoms with Gasteiger partial charge in [-0.25, -0.2) is 0 Å². The van der Waals surface area contributed by atoms with Crippen LogP contribution in [0.25, 0.3) is 5.57 Å². The molecule has 2 N–H and O–H groups in total. The van der Waals surface area contributed by atoms with Gasteiger partial charge in [-0.3, -0.25) is 0 Å². The van der Waals surface area contributed by atoms with E-state index in [0.717, 1.165) is 18.6 Å². The largest absolute Gasteiger partial charge is 0.491 e. The molecule has 1 unspecified atom stereocenters. The summed E-state index contributed by atoms with van der Waals surface area (Å²) >= 11 is 0. The van der Waals surface area contributed by atoms with Crippen LogP contribution < -0.4 is 10.5 Å². The number of hydrogen-bond acceptors (Lipinski definition) is 2. The zero-order valence-corrected chi connectivity index (χ0v) is 11.4. The maximum atomic E-state index is 6.06. The van der Waals surface area contributed by atoms with Gasteiger partial charge >= 0.3 is 0 Å². The molecule has 0 spiro atoms. The topological polar surface area (TPSA) is 35.2 Å². The fraction of sp³-hybridized carbons (Fsp3) is 0.500. The van der Waals surface area contributed by atoms with Gasteiger partial charge in [0.2, 0.25) is 0 Å². The Bertz CT molecular complexity index is 406. The van der Waals surface area contributed by atoms with Crippen molar-refractivity contribution >= 4 is 5.57 Å². The minimum absolute atomic E-state index is 0.217. The molecule has 0 saturated carbocycles. The summed E-state index contributed by atoms with van der Waals surface area (Å²) in [6, 6.07) is 8.59. The van der Waals surface area contributed by atoms with Crippen molar-refractivity contribution in [3.05, 3.63) is 35.9 Å². The van der Waals surface area contributed by atoms with Crippen LogP contribution in [0.1, 0.15) is 45.1 Å². The lowest BCUT2D eigenvalue weighted by molar-refractivity contribution is 0.242. The first kappa shape index (κ1) is 13.2. The van der Waals surface area contributed by atoms with Crippen molar-refractivity contribution in [1.82, 2.24) is 0 Å². The fourth-order valence-corrected chi connectivity index (χ4v) is 2.38. The first-order valence-corrected chi connectivity index (χ1v) is 6.88. The van der Waals surface area contributed by atoms with E-state index < -0.39 is 0 Å². The molecule has 0 saturated heterocycles. The number of hydrogen-bond donors (Lipinski definition) is 1. The molecule has 1 aromatic rings. The third kappa shape index (κ3) is 3.61. The molecule has 0 amide bonds. The Morgan fingerprint density at radius 1 is 1.17 bits per heavy atom. The molecule has 2 nitrogen and oxygen atoms in total. The van der Waals surface area contributed by atoms with Crippen molar-refractivity contribution in [2.24, 2.45) is 5.73 Å². The standard InChI is InChI=1S/C16H23NO/c1-12(2)18-16-9-7-13(8-10-16)14-5-3-4-6-15(17)11-14/h7-12,15H,3-6,17H2,1-2H3. The van der Waals surface area contributed by atoms with Crippen LogP contribution in [0.4, 0.5) is 0 Å². The van der Waals surface area contributed by atoms with Crippen LogP contribution in [-0.2, 0) is 0 Å². The lowest BCUT2D eigenvalue weighted by Gasteiger charge is -2.11. The number of rotatable bonds is 3. The Hall–Kier alpha value is -1.28. The molecule has 0 radical (unpaired) electrons. The normalized spacial score (nSPS) is 20.4. The summed E-state index contributed by atoms with van der Waals surface area (Å²) in [7, 11) is 0. The van der Waals surface area contributed by atoms with Gasteiger partial charge in [0, 0.05) is 6.04 Å². The number of benzene rings is 1. The molecular formula is C16H23NO. The van der Waals surface area contributed by atoms with E-state index in [0.29, 0.717) is 0 Å². The molecule has 0 bridgehead atoms. The first-order valence-electron chi connectivity index (χ1n) is 6.88. The molecule has 1 aliphatic rings. The Kier molecular flexibility index (Phi) is 4.43. The van der Waals surface area contributed by atoms with Gasteiger partial charge in [-0.15, -0.1) is 0 Å². The van der Waals surface area contributed by atoms with E-state index in [1.165, 1.54) is 24.0 Å². The van der Waals surface area contributed by atoms with Gasteiger partial charge in [0.25, 0.3) is 0 Å². The monoisotopic (exact) mass is 245 g/mol. The lowest BCUT2D eigenvalue weighted by atomic mass is 10.0. The van der Waals surface area contributed by atoms with Crippen LogP contribution in [0.2, 0.25) is 0 Å². The summed E-state index contributed by atoms with van der Waals surface area (Å²) in [5.74, 6) is 0.937. The first-order chi connectivity index (χ1) is 8.65. The second kappa shape index (κ2) is 6.05. The molecule has 98 valence electrons. The van der Waals surface area contributed by atoms with Crippen LogP contribution in [0, 0.1) is 0 Å². The highest BCUT2D eigenvalue weighted by molar-refractivity contribution is 5.66. The van der Waals surface area contributed by atoms with Gasteiger partial charge in [0.15, 0.2) is 0 Å². The Balaban J connectivity index is 2.13. The Morgan fingerprint density at radius 3 is 2.56 bits per heavy atom. The van der Waals surface area contributed by atoms with Crippen molar-refractivity contribution < 1.29 is 4.74 Å². The molecule has 1 atom stereocenters. The van der Waals surface area contributed by atoms with E-state index in [1.807, 2.05) is 26.0 Å². The average molecular weight is 245 g/mol. The molecule has 2 heteroatoms. The summed E-state index contributed by atoms with van der Waals surface area (Å²) in [5.41, 5.74) is 8.72. The molecular weight excluding hydrogens is 222 g/mol. The Morgan fingerprint density at radius 2 is 1.89 bits per heavy atom. The van der Waals surface area contributed by atoms with Gasteiger partial charge < -0.3 is 10.5 Å². The van der Waals surface area contributed by atoms with Crippen molar-refractivity contribution in [1.29, 1.82) is 0 Å². The summed E-state index contributed by atoms with van der Waals surface area (Å²) in [6.07, 6.45) is 7.17. The maximum Gasteiger partial charge on any atom is 0.119 e. The number of nitrogens with two attached hydrogens (primary N) is 1. The second-order valence-electron chi connectivity index (χ2n) is 5.29. The quantitative estimate of drug-likeness (QED) is 0.880. The smallest absolute Gasteiger partial charge is 0.119 e. The SMILES string of the molecule is CC(C)Oc1ccc(C2=CC(N)CCCC2)cc1. The van der Waals surface area contributed by atoms with Gasteiger partial charge in [-0.1, -0.05) is 24.6 Å². The van der Waals surface area contributed by atoms with Crippen LogP contribution in [0.15, 0.2) is 30.3 Å². The lowest BCUT2D eigenvalue weighted by Crippen LogP contribution is -2.15. The maximum absolute atomic E-state index is 6.06. The van der Waals surface area contributed by atoms with E-state index in [9.17, 15) is 0 Å². The molecule has 0 aromatic heterocycles. The summed E-state index contributed by atoms with van der Waals surface area (Å²) in [5, 5.41) is 0. The van der Waals surface area contributed by atoms with Crippen molar-refractivity contribution in [3.63, 3.8) is 0 Å². The zero-order chi connectivity index (χ0) is 13.0. The minimum Gasteiger partial charge on any atom is -0.491 e. The fourth-order valence-electron chi connectivity index (χ4n) is 2.38. The third-order valence-electron chi connectivity index (χ3n) is 3.25. The van der Waals surface area contributed by atoms with Crippen LogP contribution >= 0.6 is 0 Å². The third-order valence-corrected chi connectivity index (χ3v) is 3.25. The molecule has 1 aliphatic carbocycles. The van der Waals surface area contributed by atoms with Gasteiger partial charge in [-0.2, -0.15) is 0 Å².